The van der Waals surface area contributed by atoms with E-state index in [-0.39, 0.29) is 68.6 Å². The first-order chi connectivity index (χ1) is 42.6. The molecule has 92 heavy (non-hydrogen) atoms. The van der Waals surface area contributed by atoms with E-state index in [4.69, 9.17) is 37.9 Å². The van der Waals surface area contributed by atoms with E-state index in [1.807, 2.05) is 191 Å². The van der Waals surface area contributed by atoms with Gasteiger partial charge < -0.3 is 57.5 Å². The molecule has 0 N–H and O–H groups in total. The first-order valence-electron chi connectivity index (χ1n) is 33.0. The van der Waals surface area contributed by atoms with Gasteiger partial charge in [-0.3, -0.25) is 14.4 Å². The summed E-state index contributed by atoms with van der Waals surface area (Å²) in [6, 6.07) is 23.5. The molecule has 6 rings (SSSR count). The maximum absolute atomic E-state index is 14.4. The van der Waals surface area contributed by atoms with Crippen molar-refractivity contribution in [2.24, 2.45) is 35.5 Å². The number of rotatable bonds is 22. The number of ether oxygens (including phenoxy) is 8. The molecular weight excluding hydrogens is 1170 g/mol. The van der Waals surface area contributed by atoms with Crippen LogP contribution >= 0.6 is 0 Å². The molecule has 3 fully saturated rings. The van der Waals surface area contributed by atoms with E-state index in [9.17, 15) is 33.6 Å². The zero-order chi connectivity index (χ0) is 68.1. The molecular formula is C73H108N4O15. The van der Waals surface area contributed by atoms with Gasteiger partial charge in [0.15, 0.2) is 0 Å². The third-order valence-corrected chi connectivity index (χ3v) is 15.9. The van der Waals surface area contributed by atoms with E-state index < -0.39 is 75.7 Å². The van der Waals surface area contributed by atoms with Crippen molar-refractivity contribution in [2.75, 3.05) is 59.0 Å². The number of hydrogen-bond donors (Lipinski definition) is 0. The molecule has 19 nitrogen and oxygen atoms in total. The van der Waals surface area contributed by atoms with Gasteiger partial charge in [0, 0.05) is 52.4 Å². The van der Waals surface area contributed by atoms with Crippen molar-refractivity contribution in [1.82, 2.24) is 19.6 Å². The molecule has 0 saturated carbocycles. The van der Waals surface area contributed by atoms with E-state index in [1.54, 1.807) is 19.6 Å². The molecule has 3 aromatic carbocycles. The molecule has 3 heterocycles. The van der Waals surface area contributed by atoms with Crippen molar-refractivity contribution in [1.29, 1.82) is 0 Å². The van der Waals surface area contributed by atoms with Crippen LogP contribution in [0.15, 0.2) is 72.8 Å². The van der Waals surface area contributed by atoms with Gasteiger partial charge in [0.25, 0.3) is 0 Å². The van der Waals surface area contributed by atoms with Crippen molar-refractivity contribution in [3.63, 3.8) is 0 Å². The number of esters is 3. The second kappa shape index (κ2) is 31.4. The van der Waals surface area contributed by atoms with Crippen LogP contribution in [0.2, 0.25) is 0 Å². The van der Waals surface area contributed by atoms with Gasteiger partial charge in [0.1, 0.15) is 40.2 Å². The third-order valence-electron chi connectivity index (χ3n) is 15.9. The van der Waals surface area contributed by atoms with Crippen LogP contribution in [0.1, 0.15) is 177 Å². The number of benzene rings is 3. The number of amides is 4. The molecule has 19 heteroatoms. The normalized spacial score (nSPS) is 18.4. The van der Waals surface area contributed by atoms with Crippen molar-refractivity contribution in [2.45, 2.75) is 216 Å². The molecule has 3 aliphatic rings. The summed E-state index contributed by atoms with van der Waals surface area (Å²) in [5, 5.41) is 0. The number of hydrogen-bond acceptors (Lipinski definition) is 15. The van der Waals surface area contributed by atoms with Crippen molar-refractivity contribution >= 4 is 42.3 Å². The van der Waals surface area contributed by atoms with Crippen LogP contribution in [0.4, 0.5) is 19.2 Å². The van der Waals surface area contributed by atoms with Gasteiger partial charge in [0.05, 0.1) is 31.0 Å². The van der Waals surface area contributed by atoms with Crippen LogP contribution in [-0.4, -0.2) is 154 Å². The standard InChI is InChI=1S/C73H108N4O15/c1-68(2,3)87-61(78)58(55-29-33-75(44-55)65(82)90-71(10,11)12)41-50-23-19-22-49(38-50)28-32-74(36-37-85-47-53-26-20-24-51(39-53)42-59(62(79)88-69(4,5)6)56-30-34-76(45-56)66(83)91-72(13,14)15)64(81)86-48-54-27-21-25-52(40-54)43-60(63(80)89-70(7,8)9)57-31-35-77(46-57)67(84)92-73(16,17)18/h19-27,38-40,55-60H,28-37,41-48H2,1-18H3/t55-,56-,57-,58-,59-,60-/m0/s1. The number of nitrogens with zero attached hydrogens (tertiary/aromatic N) is 4. The Labute approximate surface area is 548 Å². The summed E-state index contributed by atoms with van der Waals surface area (Å²) >= 11 is 0. The molecule has 3 saturated heterocycles. The van der Waals surface area contributed by atoms with Gasteiger partial charge in [-0.1, -0.05) is 72.8 Å². The fourth-order valence-electron chi connectivity index (χ4n) is 11.8. The zero-order valence-corrected chi connectivity index (χ0v) is 58.5. The van der Waals surface area contributed by atoms with Gasteiger partial charge >= 0.3 is 42.3 Å². The minimum absolute atomic E-state index is 0.0536. The Morgan fingerprint density at radius 3 is 1.05 bits per heavy atom. The Bertz CT molecular complexity index is 2990. The van der Waals surface area contributed by atoms with Gasteiger partial charge in [0.2, 0.25) is 0 Å². The molecule has 0 aromatic heterocycles. The van der Waals surface area contributed by atoms with E-state index in [0.717, 1.165) is 33.4 Å². The lowest BCUT2D eigenvalue weighted by Gasteiger charge is -2.28. The molecule has 0 aliphatic carbocycles. The van der Waals surface area contributed by atoms with Crippen molar-refractivity contribution < 1.29 is 71.5 Å². The van der Waals surface area contributed by atoms with E-state index >= 15 is 0 Å². The second-order valence-corrected chi connectivity index (χ2v) is 31.3. The van der Waals surface area contributed by atoms with Gasteiger partial charge in [-0.2, -0.15) is 0 Å². The predicted octanol–water partition coefficient (Wildman–Crippen LogP) is 13.4. The van der Waals surface area contributed by atoms with Gasteiger partial charge in [-0.15, -0.1) is 0 Å². The average Bonchev–Trinajstić information content (AvgIpc) is 1.64. The highest BCUT2D eigenvalue weighted by Gasteiger charge is 2.43. The van der Waals surface area contributed by atoms with Gasteiger partial charge in [-0.05, 0) is 221 Å². The zero-order valence-electron chi connectivity index (χ0n) is 58.5. The van der Waals surface area contributed by atoms with Crippen LogP contribution in [0.25, 0.3) is 0 Å². The summed E-state index contributed by atoms with van der Waals surface area (Å²) in [6.07, 6.45) is 1.65. The Morgan fingerprint density at radius 2 is 0.717 bits per heavy atom. The highest BCUT2D eigenvalue weighted by atomic mass is 16.6. The summed E-state index contributed by atoms with van der Waals surface area (Å²) in [5.74, 6) is -3.05. The van der Waals surface area contributed by atoms with Crippen molar-refractivity contribution in [3.8, 4) is 0 Å². The maximum Gasteiger partial charge on any atom is 0.410 e. The summed E-state index contributed by atoms with van der Waals surface area (Å²) < 4.78 is 47.4. The minimum Gasteiger partial charge on any atom is -0.460 e. The highest BCUT2D eigenvalue weighted by Crippen LogP contribution is 2.35. The van der Waals surface area contributed by atoms with E-state index in [0.29, 0.717) is 84.2 Å². The van der Waals surface area contributed by atoms with Crippen LogP contribution in [0.3, 0.4) is 0 Å². The molecule has 3 aromatic rings. The SMILES string of the molecule is CC(C)(C)OC(=O)[C@@H](Cc1cccc(CCN(CCOCc2cccc(C[C@H](C(=O)OC(C)(C)C)[C@H]3CCN(C(=O)OC(C)(C)C)C3)c2)C(=O)OCc2cccc(C[C@H](C(=O)OC(C)(C)C)[C@H]3CCN(C(=O)OC(C)(C)C)C3)c2)c1)[C@H]1CCN(C(=O)OC(C)(C)C)C1. The lowest BCUT2D eigenvalue weighted by molar-refractivity contribution is -0.163. The number of carbonyl (C=O) groups excluding carboxylic acids is 7. The Kier molecular flexibility index (Phi) is 25.3. The Hall–Kier alpha value is -6.89. The molecule has 0 radical (unpaired) electrons. The van der Waals surface area contributed by atoms with Crippen LogP contribution in [-0.2, 0) is 91.2 Å². The first kappa shape index (κ1) is 74.2. The smallest absolute Gasteiger partial charge is 0.410 e. The van der Waals surface area contributed by atoms with Gasteiger partial charge in [-0.25, -0.2) is 19.2 Å². The number of carbonyl (C=O) groups is 7. The molecule has 6 atom stereocenters. The summed E-state index contributed by atoms with van der Waals surface area (Å²) in [6.45, 7) is 36.3. The summed E-state index contributed by atoms with van der Waals surface area (Å²) in [7, 11) is 0. The molecule has 4 amide bonds. The monoisotopic (exact) mass is 1280 g/mol. The lowest BCUT2D eigenvalue weighted by atomic mass is 9.85. The van der Waals surface area contributed by atoms with Crippen LogP contribution < -0.4 is 0 Å². The molecule has 3 aliphatic heterocycles. The fourth-order valence-corrected chi connectivity index (χ4v) is 11.8. The first-order valence-corrected chi connectivity index (χ1v) is 33.0. The average molecular weight is 1280 g/mol. The molecule has 0 unspecified atom stereocenters. The second-order valence-electron chi connectivity index (χ2n) is 31.3. The third kappa shape index (κ3) is 25.2. The predicted molar refractivity (Wildman–Crippen MR) is 351 cm³/mol. The van der Waals surface area contributed by atoms with E-state index in [2.05, 4.69) is 6.07 Å². The molecule has 0 spiro atoms. The largest absolute Gasteiger partial charge is 0.460 e. The van der Waals surface area contributed by atoms with Crippen LogP contribution in [0.5, 0.6) is 0 Å². The minimum atomic E-state index is -0.727. The Morgan fingerprint density at radius 1 is 0.413 bits per heavy atom. The number of likely N-dealkylation sites (tertiary alicyclic amines) is 3. The molecule has 510 valence electrons. The van der Waals surface area contributed by atoms with Crippen molar-refractivity contribution in [3.05, 3.63) is 106 Å². The van der Waals surface area contributed by atoms with E-state index in [1.165, 1.54) is 0 Å². The summed E-state index contributed by atoms with van der Waals surface area (Å²) in [5.41, 5.74) is 1.09. The summed E-state index contributed by atoms with van der Waals surface area (Å²) in [4.78, 5) is 102. The molecule has 0 bridgehead atoms. The lowest BCUT2D eigenvalue weighted by Crippen LogP contribution is -2.38. The maximum atomic E-state index is 14.4. The fraction of sp³-hybridized carbons (Fsp3) is 0.658. The topological polar surface area (TPSA) is 206 Å². The quantitative estimate of drug-likeness (QED) is 0.0521. The Balaban J connectivity index is 1.18. The highest BCUT2D eigenvalue weighted by molar-refractivity contribution is 5.76. The van der Waals surface area contributed by atoms with Crippen LogP contribution in [0, 0.1) is 35.5 Å².